The number of hydrogen-bond acceptors (Lipinski definition) is 5. The first kappa shape index (κ1) is 14.0. The molecule has 1 aliphatic rings. The molecule has 1 fully saturated rings. The Kier molecular flexibility index (Phi) is 3.59. The van der Waals surface area contributed by atoms with Gasteiger partial charge in [0.05, 0.1) is 5.39 Å². The van der Waals surface area contributed by atoms with E-state index in [2.05, 4.69) is 43.0 Å². The van der Waals surface area contributed by atoms with Crippen LogP contribution in [0.25, 0.3) is 11.0 Å². The summed E-state index contributed by atoms with van der Waals surface area (Å²) in [4.78, 5) is 16.6. The van der Waals surface area contributed by atoms with E-state index in [-0.39, 0.29) is 0 Å². The zero-order chi connectivity index (χ0) is 15.6. The molecule has 23 heavy (non-hydrogen) atoms. The Morgan fingerprint density at radius 1 is 1.00 bits per heavy atom. The standard InChI is InChI=1S/C17H20N6/c18-11-13-3-1-2-4-15(13)22-7-9-23(10-8-22)17-14-5-6-19-16(14)20-12-21-17/h1-6,12H,7-11,18H2,(H,19,20,21). The first-order valence-corrected chi connectivity index (χ1v) is 7.93. The molecular weight excluding hydrogens is 288 g/mol. The number of nitrogens with zero attached hydrogens (tertiary/aromatic N) is 4. The van der Waals surface area contributed by atoms with Crippen LogP contribution in [-0.2, 0) is 6.54 Å². The summed E-state index contributed by atoms with van der Waals surface area (Å²) in [7, 11) is 0. The number of para-hydroxylation sites is 1. The van der Waals surface area contributed by atoms with Gasteiger partial charge >= 0.3 is 0 Å². The van der Waals surface area contributed by atoms with E-state index in [1.54, 1.807) is 6.33 Å². The van der Waals surface area contributed by atoms with Gasteiger partial charge in [0.2, 0.25) is 0 Å². The largest absolute Gasteiger partial charge is 0.368 e. The van der Waals surface area contributed by atoms with E-state index >= 15 is 0 Å². The second-order valence-corrected chi connectivity index (χ2v) is 5.74. The van der Waals surface area contributed by atoms with Crippen LogP contribution in [0.2, 0.25) is 0 Å². The third-order valence-corrected chi connectivity index (χ3v) is 4.46. The van der Waals surface area contributed by atoms with E-state index in [0.29, 0.717) is 6.54 Å². The molecule has 0 saturated carbocycles. The lowest BCUT2D eigenvalue weighted by molar-refractivity contribution is 0.646. The average Bonchev–Trinajstić information content (AvgIpc) is 3.10. The zero-order valence-corrected chi connectivity index (χ0v) is 12.9. The summed E-state index contributed by atoms with van der Waals surface area (Å²) in [6.07, 6.45) is 3.54. The number of fused-ring (bicyclic) bond motifs is 1. The van der Waals surface area contributed by atoms with E-state index in [0.717, 1.165) is 43.0 Å². The van der Waals surface area contributed by atoms with Crippen molar-refractivity contribution in [1.29, 1.82) is 0 Å². The van der Waals surface area contributed by atoms with Crippen molar-refractivity contribution in [1.82, 2.24) is 15.0 Å². The maximum atomic E-state index is 5.87. The van der Waals surface area contributed by atoms with Crippen LogP contribution in [0.5, 0.6) is 0 Å². The van der Waals surface area contributed by atoms with Gasteiger partial charge in [-0.3, -0.25) is 0 Å². The number of aromatic nitrogens is 3. The van der Waals surface area contributed by atoms with E-state index in [9.17, 15) is 0 Å². The summed E-state index contributed by atoms with van der Waals surface area (Å²) >= 11 is 0. The number of nitrogens with two attached hydrogens (primary N) is 1. The van der Waals surface area contributed by atoms with Crippen LogP contribution in [0, 0.1) is 0 Å². The Morgan fingerprint density at radius 2 is 1.78 bits per heavy atom. The van der Waals surface area contributed by atoms with Gasteiger partial charge in [0.25, 0.3) is 0 Å². The summed E-state index contributed by atoms with van der Waals surface area (Å²) in [6, 6.07) is 10.4. The highest BCUT2D eigenvalue weighted by Gasteiger charge is 2.21. The van der Waals surface area contributed by atoms with Crippen LogP contribution >= 0.6 is 0 Å². The maximum Gasteiger partial charge on any atom is 0.142 e. The fourth-order valence-electron chi connectivity index (χ4n) is 3.26. The first-order chi connectivity index (χ1) is 11.4. The lowest BCUT2D eigenvalue weighted by atomic mass is 10.1. The Bertz CT molecular complexity index is 803. The van der Waals surface area contributed by atoms with Crippen LogP contribution < -0.4 is 15.5 Å². The van der Waals surface area contributed by atoms with Gasteiger partial charge < -0.3 is 20.5 Å². The van der Waals surface area contributed by atoms with Crippen LogP contribution in [0.15, 0.2) is 42.9 Å². The van der Waals surface area contributed by atoms with Crippen molar-refractivity contribution in [2.45, 2.75) is 6.54 Å². The molecule has 3 heterocycles. The lowest BCUT2D eigenvalue weighted by Crippen LogP contribution is -2.47. The number of aromatic amines is 1. The molecule has 3 N–H and O–H groups in total. The normalized spacial score (nSPS) is 15.3. The molecule has 1 saturated heterocycles. The fraction of sp³-hybridized carbons (Fsp3) is 0.294. The van der Waals surface area contributed by atoms with Crippen LogP contribution in [0.3, 0.4) is 0 Å². The van der Waals surface area contributed by atoms with Gasteiger partial charge in [-0.25, -0.2) is 9.97 Å². The van der Waals surface area contributed by atoms with Gasteiger partial charge in [0, 0.05) is 44.6 Å². The maximum absolute atomic E-state index is 5.87. The Hall–Kier alpha value is -2.60. The Labute approximate surface area is 134 Å². The minimum absolute atomic E-state index is 0.576. The van der Waals surface area contributed by atoms with Gasteiger partial charge in [0.1, 0.15) is 17.8 Å². The molecule has 0 bridgehead atoms. The summed E-state index contributed by atoms with van der Waals surface area (Å²) in [5, 5.41) is 1.09. The quantitative estimate of drug-likeness (QED) is 0.771. The topological polar surface area (TPSA) is 74.1 Å². The number of anilines is 2. The van der Waals surface area contributed by atoms with E-state index in [1.165, 1.54) is 11.3 Å². The molecule has 0 amide bonds. The summed E-state index contributed by atoms with van der Waals surface area (Å²) < 4.78 is 0. The Balaban J connectivity index is 1.54. The van der Waals surface area contributed by atoms with Gasteiger partial charge in [-0.15, -0.1) is 0 Å². The third kappa shape index (κ3) is 2.51. The number of piperazine rings is 1. The number of H-pyrrole nitrogens is 1. The van der Waals surface area contributed by atoms with Gasteiger partial charge in [-0.1, -0.05) is 18.2 Å². The summed E-state index contributed by atoms with van der Waals surface area (Å²) in [5.74, 6) is 1.02. The van der Waals surface area contributed by atoms with Gasteiger partial charge in [-0.05, 0) is 17.7 Å². The SMILES string of the molecule is NCc1ccccc1N1CCN(c2ncnc3[nH]ccc23)CC1. The van der Waals surface area contributed by atoms with Crippen molar-refractivity contribution in [3.63, 3.8) is 0 Å². The summed E-state index contributed by atoms with van der Waals surface area (Å²) in [5.41, 5.74) is 9.22. The van der Waals surface area contributed by atoms with E-state index in [4.69, 9.17) is 5.73 Å². The zero-order valence-electron chi connectivity index (χ0n) is 12.9. The summed E-state index contributed by atoms with van der Waals surface area (Å²) in [6.45, 7) is 4.39. The van der Waals surface area contributed by atoms with Crippen molar-refractivity contribution in [2.75, 3.05) is 36.0 Å². The molecule has 2 aromatic heterocycles. The highest BCUT2D eigenvalue weighted by Crippen LogP contribution is 2.26. The van der Waals surface area contributed by atoms with Crippen molar-refractivity contribution in [2.24, 2.45) is 5.73 Å². The average molecular weight is 308 g/mol. The third-order valence-electron chi connectivity index (χ3n) is 4.46. The van der Waals surface area contributed by atoms with E-state index in [1.807, 2.05) is 18.3 Å². The molecular formula is C17H20N6. The predicted molar refractivity (Wildman–Crippen MR) is 92.6 cm³/mol. The first-order valence-electron chi connectivity index (χ1n) is 7.93. The minimum Gasteiger partial charge on any atom is -0.368 e. The minimum atomic E-state index is 0.576. The second-order valence-electron chi connectivity index (χ2n) is 5.74. The Morgan fingerprint density at radius 3 is 2.61 bits per heavy atom. The molecule has 6 nitrogen and oxygen atoms in total. The molecule has 0 spiro atoms. The number of hydrogen-bond donors (Lipinski definition) is 2. The number of nitrogens with one attached hydrogen (secondary N) is 1. The second kappa shape index (κ2) is 5.89. The molecule has 118 valence electrons. The highest BCUT2D eigenvalue weighted by molar-refractivity contribution is 5.87. The monoisotopic (exact) mass is 308 g/mol. The van der Waals surface area contributed by atoms with Crippen molar-refractivity contribution in [3.05, 3.63) is 48.4 Å². The molecule has 0 radical (unpaired) electrons. The molecule has 0 aliphatic carbocycles. The molecule has 4 rings (SSSR count). The van der Waals surface area contributed by atoms with Gasteiger partial charge in [-0.2, -0.15) is 0 Å². The van der Waals surface area contributed by atoms with Crippen LogP contribution in [-0.4, -0.2) is 41.1 Å². The molecule has 1 aliphatic heterocycles. The molecule has 0 atom stereocenters. The van der Waals surface area contributed by atoms with Crippen molar-refractivity contribution in [3.8, 4) is 0 Å². The molecule has 0 unspecified atom stereocenters. The smallest absolute Gasteiger partial charge is 0.142 e. The lowest BCUT2D eigenvalue weighted by Gasteiger charge is -2.37. The van der Waals surface area contributed by atoms with Crippen molar-refractivity contribution < 1.29 is 0 Å². The van der Waals surface area contributed by atoms with Gasteiger partial charge in [0.15, 0.2) is 0 Å². The number of rotatable bonds is 3. The van der Waals surface area contributed by atoms with Crippen LogP contribution in [0.1, 0.15) is 5.56 Å². The van der Waals surface area contributed by atoms with Crippen LogP contribution in [0.4, 0.5) is 11.5 Å². The predicted octanol–water partition coefficient (Wildman–Crippen LogP) is 1.74. The highest BCUT2D eigenvalue weighted by atomic mass is 15.3. The van der Waals surface area contributed by atoms with E-state index < -0.39 is 0 Å². The molecule has 3 aromatic rings. The number of benzene rings is 1. The molecule has 1 aromatic carbocycles. The molecule has 6 heteroatoms. The van der Waals surface area contributed by atoms with Crippen molar-refractivity contribution >= 4 is 22.5 Å². The fourth-order valence-corrected chi connectivity index (χ4v) is 3.26.